The highest BCUT2D eigenvalue weighted by Crippen LogP contribution is 2.66. The second-order valence-corrected chi connectivity index (χ2v) is 7.96. The minimum Gasteiger partial charge on any atom is -0.300 e. The molecule has 0 saturated carbocycles. The van der Waals surface area contributed by atoms with E-state index in [9.17, 15) is 9.13 Å². The molecule has 7 nitrogen and oxygen atoms in total. The highest BCUT2D eigenvalue weighted by molar-refractivity contribution is 7.63. The molecule has 1 fully saturated rings. The molecular formula is C10H23NO6P2. The van der Waals surface area contributed by atoms with Crippen molar-refractivity contribution in [2.75, 3.05) is 33.4 Å². The van der Waals surface area contributed by atoms with E-state index < -0.39 is 15.6 Å². The predicted molar refractivity (Wildman–Crippen MR) is 72.0 cm³/mol. The van der Waals surface area contributed by atoms with E-state index in [1.165, 1.54) is 7.11 Å². The molecule has 0 bridgehead atoms. The molecule has 1 saturated heterocycles. The Bertz CT molecular complexity index is 348. The number of piperidine rings is 1. The largest absolute Gasteiger partial charge is 0.482 e. The Morgan fingerprint density at radius 1 is 1.00 bits per heavy atom. The first-order chi connectivity index (χ1) is 8.99. The maximum Gasteiger partial charge on any atom is 0.482 e. The molecule has 1 heterocycles. The second kappa shape index (κ2) is 7.89. The fourth-order valence-electron chi connectivity index (χ4n) is 1.85. The number of phosphoric ester groups is 1. The summed E-state index contributed by atoms with van der Waals surface area (Å²) >= 11 is 0. The smallest absolute Gasteiger partial charge is 0.300 e. The molecule has 1 unspecified atom stereocenters. The van der Waals surface area contributed by atoms with Crippen molar-refractivity contribution < 1.29 is 27.0 Å². The predicted octanol–water partition coefficient (Wildman–Crippen LogP) is 3.42. The van der Waals surface area contributed by atoms with Gasteiger partial charge in [0.2, 0.25) is 0 Å². The normalized spacial score (nSPS) is 21.2. The summed E-state index contributed by atoms with van der Waals surface area (Å²) in [5.74, 6) is 0. The lowest BCUT2D eigenvalue weighted by Crippen LogP contribution is -2.28. The third-order valence-electron chi connectivity index (χ3n) is 2.69. The lowest BCUT2D eigenvalue weighted by atomic mass is 10.2. The summed E-state index contributed by atoms with van der Waals surface area (Å²) < 4.78 is 46.7. The van der Waals surface area contributed by atoms with Crippen molar-refractivity contribution >= 4 is 15.6 Å². The Balaban J connectivity index is 2.82. The summed E-state index contributed by atoms with van der Waals surface area (Å²) in [4.78, 5) is 0. The lowest BCUT2D eigenvalue weighted by molar-refractivity contribution is 0.142. The van der Waals surface area contributed by atoms with Gasteiger partial charge in [-0.05, 0) is 26.7 Å². The van der Waals surface area contributed by atoms with Gasteiger partial charge in [-0.2, -0.15) is 4.31 Å². The highest BCUT2D eigenvalue weighted by atomic mass is 31.3. The van der Waals surface area contributed by atoms with E-state index >= 15 is 0 Å². The number of rotatable bonds is 8. The van der Waals surface area contributed by atoms with Gasteiger partial charge in [0.1, 0.15) is 0 Å². The van der Waals surface area contributed by atoms with Crippen molar-refractivity contribution in [3.05, 3.63) is 0 Å². The molecule has 0 N–H and O–H groups in total. The molecule has 0 aromatic rings. The average molecular weight is 315 g/mol. The minimum absolute atomic E-state index is 0.140. The van der Waals surface area contributed by atoms with Crippen LogP contribution < -0.4 is 0 Å². The summed E-state index contributed by atoms with van der Waals surface area (Å²) in [7, 11) is -6.21. The van der Waals surface area contributed by atoms with Gasteiger partial charge >= 0.3 is 15.6 Å². The monoisotopic (exact) mass is 315 g/mol. The van der Waals surface area contributed by atoms with Crippen LogP contribution in [0.5, 0.6) is 0 Å². The molecule has 114 valence electrons. The molecule has 0 radical (unpaired) electrons. The summed E-state index contributed by atoms with van der Waals surface area (Å²) in [6, 6.07) is 0. The van der Waals surface area contributed by atoms with Crippen LogP contribution in [-0.4, -0.2) is 38.1 Å². The standard InChI is InChI=1S/C10H23NO6P2/c1-4-15-19(13,16-5-2)17-18(12,14-3)11-9-7-6-8-10-11/h4-10H2,1-3H3. The van der Waals surface area contributed by atoms with Crippen LogP contribution in [0.2, 0.25) is 0 Å². The van der Waals surface area contributed by atoms with Crippen molar-refractivity contribution in [2.45, 2.75) is 33.1 Å². The first-order valence-corrected chi connectivity index (χ1v) is 9.47. The summed E-state index contributed by atoms with van der Waals surface area (Å²) in [6.45, 7) is 4.77. The molecule has 1 aliphatic rings. The van der Waals surface area contributed by atoms with Crippen LogP contribution in [0, 0.1) is 0 Å². The molecule has 0 aliphatic carbocycles. The Kier molecular flexibility index (Phi) is 7.19. The summed E-state index contributed by atoms with van der Waals surface area (Å²) in [5.41, 5.74) is 0. The minimum atomic E-state index is -3.85. The van der Waals surface area contributed by atoms with E-state index in [4.69, 9.17) is 17.9 Å². The van der Waals surface area contributed by atoms with Gasteiger partial charge in [-0.15, -0.1) is 0 Å². The molecule has 0 amide bonds. The van der Waals surface area contributed by atoms with Crippen LogP contribution in [0.3, 0.4) is 0 Å². The molecule has 19 heavy (non-hydrogen) atoms. The maximum atomic E-state index is 12.7. The third kappa shape index (κ3) is 4.94. The second-order valence-electron chi connectivity index (χ2n) is 4.03. The van der Waals surface area contributed by atoms with Crippen molar-refractivity contribution in [3.8, 4) is 0 Å². The fourth-order valence-corrected chi connectivity index (χ4v) is 5.63. The first kappa shape index (κ1) is 17.3. The topological polar surface area (TPSA) is 74.3 Å². The Hall–Kier alpha value is 0.260. The SMILES string of the molecule is CCOP(=O)(OCC)OP(=O)(OC)N1CCCCC1. The van der Waals surface area contributed by atoms with E-state index in [2.05, 4.69) is 0 Å². The summed E-state index contributed by atoms with van der Waals surface area (Å²) in [6.07, 6.45) is 2.89. The van der Waals surface area contributed by atoms with Crippen molar-refractivity contribution in [2.24, 2.45) is 0 Å². The van der Waals surface area contributed by atoms with Crippen LogP contribution in [0.4, 0.5) is 0 Å². The van der Waals surface area contributed by atoms with Crippen molar-refractivity contribution in [1.29, 1.82) is 0 Å². The van der Waals surface area contributed by atoms with Gasteiger partial charge in [0.15, 0.2) is 0 Å². The van der Waals surface area contributed by atoms with Crippen LogP contribution >= 0.6 is 15.6 Å². The number of phosphoric acid groups is 1. The zero-order chi connectivity index (χ0) is 14.4. The van der Waals surface area contributed by atoms with E-state index in [-0.39, 0.29) is 13.2 Å². The van der Waals surface area contributed by atoms with E-state index in [1.54, 1.807) is 18.5 Å². The van der Waals surface area contributed by atoms with Crippen LogP contribution in [0.15, 0.2) is 0 Å². The van der Waals surface area contributed by atoms with E-state index in [0.717, 1.165) is 19.3 Å². The third-order valence-corrected chi connectivity index (χ3v) is 7.02. The van der Waals surface area contributed by atoms with Gasteiger partial charge in [0, 0.05) is 20.2 Å². The van der Waals surface area contributed by atoms with Crippen molar-refractivity contribution in [1.82, 2.24) is 4.67 Å². The lowest BCUT2D eigenvalue weighted by Gasteiger charge is -2.32. The maximum absolute atomic E-state index is 12.7. The molecule has 1 aliphatic heterocycles. The Morgan fingerprint density at radius 3 is 1.95 bits per heavy atom. The van der Waals surface area contributed by atoms with Gasteiger partial charge < -0.3 is 0 Å². The highest BCUT2D eigenvalue weighted by Gasteiger charge is 2.42. The zero-order valence-corrected chi connectivity index (χ0v) is 13.5. The molecular weight excluding hydrogens is 292 g/mol. The molecule has 1 atom stereocenters. The average Bonchev–Trinajstić information content (AvgIpc) is 2.40. The zero-order valence-electron chi connectivity index (χ0n) is 11.7. The molecule has 0 spiro atoms. The van der Waals surface area contributed by atoms with E-state index in [0.29, 0.717) is 13.1 Å². The molecule has 1 rings (SSSR count). The van der Waals surface area contributed by atoms with E-state index in [1.807, 2.05) is 0 Å². The number of nitrogens with zero attached hydrogens (tertiary/aromatic N) is 1. The van der Waals surface area contributed by atoms with Crippen LogP contribution in [0.25, 0.3) is 0 Å². The number of hydrogen-bond acceptors (Lipinski definition) is 6. The Labute approximate surface area is 114 Å². The summed E-state index contributed by atoms with van der Waals surface area (Å²) in [5, 5.41) is 0. The van der Waals surface area contributed by atoms with Gasteiger partial charge in [-0.25, -0.2) is 13.8 Å². The first-order valence-electron chi connectivity index (χ1n) is 6.51. The Morgan fingerprint density at radius 2 is 1.53 bits per heavy atom. The van der Waals surface area contributed by atoms with Gasteiger partial charge in [0.25, 0.3) is 0 Å². The quantitative estimate of drug-likeness (QED) is 0.635. The molecule has 0 aromatic heterocycles. The van der Waals surface area contributed by atoms with Crippen LogP contribution in [0.1, 0.15) is 33.1 Å². The van der Waals surface area contributed by atoms with Gasteiger partial charge in [0.05, 0.1) is 13.2 Å². The fraction of sp³-hybridized carbons (Fsp3) is 1.00. The number of hydrogen-bond donors (Lipinski definition) is 0. The van der Waals surface area contributed by atoms with Gasteiger partial charge in [-0.1, -0.05) is 6.42 Å². The van der Waals surface area contributed by atoms with Crippen LogP contribution in [-0.2, 0) is 27.0 Å². The van der Waals surface area contributed by atoms with Gasteiger partial charge in [-0.3, -0.25) is 13.6 Å². The molecule has 0 aromatic carbocycles. The van der Waals surface area contributed by atoms with Crippen molar-refractivity contribution in [3.63, 3.8) is 0 Å². The molecule has 9 heteroatoms.